The Morgan fingerprint density at radius 3 is 2.41 bits per heavy atom. The molecule has 3 aromatic carbocycles. The number of halogens is 2. The highest BCUT2D eigenvalue weighted by Gasteiger charge is 2.36. The molecular weight excluding hydrogens is 578 g/mol. The summed E-state index contributed by atoms with van der Waals surface area (Å²) in [5.74, 6) is 0.693. The van der Waals surface area contributed by atoms with Crippen LogP contribution in [0.25, 0.3) is 33.3 Å². The molecule has 0 bridgehead atoms. The Bertz CT molecular complexity index is 2130. The van der Waals surface area contributed by atoms with Crippen molar-refractivity contribution in [1.29, 1.82) is 0 Å². The lowest BCUT2D eigenvalue weighted by Crippen LogP contribution is -2.23. The number of aryl methyl sites for hydroxylation is 1. The second-order valence-electron chi connectivity index (χ2n) is 13.5. The van der Waals surface area contributed by atoms with Gasteiger partial charge < -0.3 is 4.74 Å². The van der Waals surface area contributed by atoms with Crippen molar-refractivity contribution in [2.75, 3.05) is 0 Å². The van der Waals surface area contributed by atoms with Gasteiger partial charge in [-0.05, 0) is 85.7 Å². The Balaban J connectivity index is 1.27. The van der Waals surface area contributed by atoms with E-state index in [1.807, 2.05) is 63.4 Å². The molecule has 234 valence electrons. The largest absolute Gasteiger partial charge is 0.457 e. The molecular formula is C39H38F2N4O. The number of benzene rings is 3. The first-order valence-electron chi connectivity index (χ1n) is 15.9. The number of nitrogens with zero attached hydrogens (tertiary/aromatic N) is 4. The highest BCUT2D eigenvalue weighted by Crippen LogP contribution is 2.42. The summed E-state index contributed by atoms with van der Waals surface area (Å²) in [6.07, 6.45) is 2.42. The fourth-order valence-electron chi connectivity index (χ4n) is 6.87. The van der Waals surface area contributed by atoms with Crippen LogP contribution >= 0.6 is 0 Å². The Hall–Kier alpha value is -4.78. The van der Waals surface area contributed by atoms with Crippen molar-refractivity contribution in [2.45, 2.75) is 65.5 Å². The van der Waals surface area contributed by atoms with Crippen molar-refractivity contribution in [1.82, 2.24) is 19.3 Å². The predicted molar refractivity (Wildman–Crippen MR) is 181 cm³/mol. The lowest BCUT2D eigenvalue weighted by Gasteiger charge is -2.27. The minimum atomic E-state index is -1.29. The Morgan fingerprint density at radius 2 is 1.63 bits per heavy atom. The topological polar surface area (TPSA) is 44.9 Å². The number of para-hydroxylation sites is 1. The monoisotopic (exact) mass is 616 g/mol. The molecule has 3 atom stereocenters. The fourth-order valence-corrected chi connectivity index (χ4v) is 6.87. The number of ether oxygens (including phenoxy) is 1. The molecule has 3 heterocycles. The molecule has 7 heteroatoms. The van der Waals surface area contributed by atoms with E-state index in [9.17, 15) is 0 Å². The van der Waals surface area contributed by atoms with Gasteiger partial charge in [-0.15, -0.1) is 0 Å². The number of hydrogen-bond acceptors (Lipinski definition) is 3. The number of alkyl halides is 1. The molecule has 46 heavy (non-hydrogen) atoms. The molecule has 3 aromatic heterocycles. The molecule has 0 aliphatic heterocycles. The molecule has 6 aromatic rings. The third-order valence-electron chi connectivity index (χ3n) is 9.14. The summed E-state index contributed by atoms with van der Waals surface area (Å²) in [4.78, 5) is 4.78. The average molecular weight is 617 g/mol. The van der Waals surface area contributed by atoms with Gasteiger partial charge in [-0.2, -0.15) is 5.10 Å². The summed E-state index contributed by atoms with van der Waals surface area (Å²) in [5.41, 5.74) is 5.97. The van der Waals surface area contributed by atoms with Crippen molar-refractivity contribution in [3.63, 3.8) is 0 Å². The number of hydrogen-bond donors (Lipinski definition) is 0. The summed E-state index contributed by atoms with van der Waals surface area (Å²) in [7, 11) is 0. The van der Waals surface area contributed by atoms with E-state index in [1.54, 1.807) is 10.8 Å². The lowest BCUT2D eigenvalue weighted by molar-refractivity contribution is 0.227. The summed E-state index contributed by atoms with van der Waals surface area (Å²) < 4.78 is 40.6. The van der Waals surface area contributed by atoms with Crippen LogP contribution in [0.1, 0.15) is 62.5 Å². The summed E-state index contributed by atoms with van der Waals surface area (Å²) in [6.45, 7) is 12.1. The van der Waals surface area contributed by atoms with Crippen molar-refractivity contribution in [2.24, 2.45) is 5.92 Å². The standard InChI is InChI=1S/C39H38F2N4O/c1-23-18-32(40)38(33(41)19-23)37-24(2)43-45(25(37)3)27-10-9-11-28(21-27)46-29-14-15-31-30-12-7-8-13-34(30)44(35(31)22-29)36-20-26(16-17-42-36)39(4,5)6/h7-18,20-23,33,38H,19H2,1-6H3/t23?,33-,38+/m0/s1. The first-order chi connectivity index (χ1) is 22.0. The van der Waals surface area contributed by atoms with E-state index in [0.29, 0.717) is 29.2 Å². The maximum Gasteiger partial charge on any atom is 0.137 e. The predicted octanol–water partition coefficient (Wildman–Crippen LogP) is 10.4. The van der Waals surface area contributed by atoms with Gasteiger partial charge in [0.2, 0.25) is 0 Å². The van der Waals surface area contributed by atoms with E-state index in [1.165, 1.54) is 5.56 Å². The van der Waals surface area contributed by atoms with Crippen LogP contribution in [0.4, 0.5) is 8.78 Å². The summed E-state index contributed by atoms with van der Waals surface area (Å²) >= 11 is 0. The molecule has 0 spiro atoms. The van der Waals surface area contributed by atoms with Crippen LogP contribution in [0.5, 0.6) is 11.5 Å². The maximum absolute atomic E-state index is 15.2. The molecule has 0 N–H and O–H groups in total. The van der Waals surface area contributed by atoms with Crippen molar-refractivity contribution >= 4 is 21.8 Å². The Morgan fingerprint density at radius 1 is 0.870 bits per heavy atom. The van der Waals surface area contributed by atoms with Gasteiger partial charge in [0, 0.05) is 40.4 Å². The van der Waals surface area contributed by atoms with Gasteiger partial charge in [-0.1, -0.05) is 52.0 Å². The van der Waals surface area contributed by atoms with Crippen molar-refractivity contribution in [3.05, 3.63) is 119 Å². The molecule has 1 aliphatic carbocycles. The molecule has 0 amide bonds. The quantitative estimate of drug-likeness (QED) is 0.194. The molecule has 0 saturated carbocycles. The van der Waals surface area contributed by atoms with E-state index >= 15 is 8.78 Å². The average Bonchev–Trinajstić information content (AvgIpc) is 3.49. The van der Waals surface area contributed by atoms with Crippen LogP contribution in [0.2, 0.25) is 0 Å². The smallest absolute Gasteiger partial charge is 0.137 e. The van der Waals surface area contributed by atoms with Gasteiger partial charge >= 0.3 is 0 Å². The summed E-state index contributed by atoms with van der Waals surface area (Å²) in [6, 6.07) is 26.3. The van der Waals surface area contributed by atoms with Crippen LogP contribution in [0.3, 0.4) is 0 Å². The molecule has 7 rings (SSSR count). The van der Waals surface area contributed by atoms with Crippen molar-refractivity contribution in [3.8, 4) is 23.0 Å². The first kappa shape index (κ1) is 29.9. The molecule has 0 fully saturated rings. The number of pyridine rings is 1. The molecule has 1 unspecified atom stereocenters. The second-order valence-corrected chi connectivity index (χ2v) is 13.5. The van der Waals surface area contributed by atoms with E-state index in [4.69, 9.17) is 14.8 Å². The van der Waals surface area contributed by atoms with Crippen LogP contribution < -0.4 is 4.74 Å². The SMILES string of the molecule is Cc1nn(-c2cccc(Oc3ccc4c5ccccc5n(-c5cc(C(C)(C)C)ccn5)c4c3)c2)c(C)c1[C@@H]1C(F)=CC(C)C[C@@H]1F. The van der Waals surface area contributed by atoms with E-state index in [-0.39, 0.29) is 11.3 Å². The highest BCUT2D eigenvalue weighted by molar-refractivity contribution is 6.09. The van der Waals surface area contributed by atoms with Gasteiger partial charge in [0.25, 0.3) is 0 Å². The third-order valence-corrected chi connectivity index (χ3v) is 9.14. The van der Waals surface area contributed by atoms with Gasteiger partial charge in [0.1, 0.15) is 29.3 Å². The highest BCUT2D eigenvalue weighted by atomic mass is 19.1. The molecule has 0 radical (unpaired) electrons. The normalized spacial score (nSPS) is 18.7. The number of rotatable bonds is 5. The second kappa shape index (κ2) is 11.2. The van der Waals surface area contributed by atoms with Gasteiger partial charge in [-0.3, -0.25) is 4.57 Å². The Labute approximate surface area is 268 Å². The van der Waals surface area contributed by atoms with Gasteiger partial charge in [0.15, 0.2) is 0 Å². The van der Waals surface area contributed by atoms with E-state index < -0.39 is 17.9 Å². The van der Waals surface area contributed by atoms with Gasteiger partial charge in [-0.25, -0.2) is 18.4 Å². The van der Waals surface area contributed by atoms with Crippen LogP contribution in [0.15, 0.2) is 97.0 Å². The minimum absolute atomic E-state index is 0.0185. The van der Waals surface area contributed by atoms with Crippen LogP contribution in [0, 0.1) is 19.8 Å². The third kappa shape index (κ3) is 5.17. The number of allylic oxidation sites excluding steroid dienone is 2. The fraction of sp³-hybridized carbons (Fsp3) is 0.282. The van der Waals surface area contributed by atoms with Gasteiger partial charge in [0.05, 0.1) is 28.3 Å². The van der Waals surface area contributed by atoms with E-state index in [0.717, 1.165) is 39.0 Å². The number of aromatic nitrogens is 4. The van der Waals surface area contributed by atoms with Crippen LogP contribution in [-0.4, -0.2) is 25.5 Å². The zero-order valence-corrected chi connectivity index (χ0v) is 27.1. The number of fused-ring (bicyclic) bond motifs is 3. The van der Waals surface area contributed by atoms with E-state index in [2.05, 4.69) is 67.8 Å². The minimum Gasteiger partial charge on any atom is -0.457 e. The summed E-state index contributed by atoms with van der Waals surface area (Å²) in [5, 5.41) is 6.97. The zero-order chi connectivity index (χ0) is 32.3. The van der Waals surface area contributed by atoms with Crippen molar-refractivity contribution < 1.29 is 13.5 Å². The first-order valence-corrected chi connectivity index (χ1v) is 15.9. The lowest BCUT2D eigenvalue weighted by atomic mass is 9.82. The molecule has 5 nitrogen and oxygen atoms in total. The Kier molecular flexibility index (Phi) is 7.30. The maximum atomic E-state index is 15.2. The molecule has 0 saturated heterocycles. The molecule has 1 aliphatic rings. The zero-order valence-electron chi connectivity index (χ0n) is 27.1. The van der Waals surface area contributed by atoms with Crippen LogP contribution in [-0.2, 0) is 5.41 Å².